The summed E-state index contributed by atoms with van der Waals surface area (Å²) in [5, 5.41) is 0. The van der Waals surface area contributed by atoms with Crippen molar-refractivity contribution in [3.8, 4) is 0 Å². The first-order valence-corrected chi connectivity index (χ1v) is 12.5. The minimum Gasteiger partial charge on any atom is -0.420 e. The summed E-state index contributed by atoms with van der Waals surface area (Å²) >= 11 is 0. The van der Waals surface area contributed by atoms with Crippen molar-refractivity contribution in [2.75, 3.05) is 36.0 Å². The van der Waals surface area contributed by atoms with E-state index in [0.717, 1.165) is 26.2 Å². The average Bonchev–Trinajstić information content (AvgIpc) is 3.56. The van der Waals surface area contributed by atoms with Crippen LogP contribution in [0, 0.1) is 46.2 Å². The first-order chi connectivity index (χ1) is 18.0. The molecule has 0 radical (unpaired) electrons. The van der Waals surface area contributed by atoms with Crippen LogP contribution in [0.25, 0.3) is 0 Å². The summed E-state index contributed by atoms with van der Waals surface area (Å²) in [6.07, 6.45) is 0. The number of rotatable bonds is 2. The summed E-state index contributed by atoms with van der Waals surface area (Å²) in [6, 6.07) is 29.5. The molecule has 7 heteroatoms. The van der Waals surface area contributed by atoms with E-state index in [1.807, 2.05) is 82.6 Å². The Balaban J connectivity index is 0.000000199. The third-order valence-corrected chi connectivity index (χ3v) is 5.95. The van der Waals surface area contributed by atoms with Gasteiger partial charge >= 0.3 is 21.7 Å². The maximum Gasteiger partial charge on any atom is 4.00 e. The van der Waals surface area contributed by atoms with Crippen LogP contribution in [-0.4, -0.2) is 26.2 Å². The standard InChI is InChI=1S/2C11H12F2N.2C5H5.Ti/c2*1-11(2)6-14(7-11)10-4-3-8(12)5-9(10)13;2*1-2-4-5-3-1;/h2*3-4H,6-7H2,1-2H3;2*1-5H;/q4*-1;+4. The molecule has 2 saturated heterocycles. The van der Waals surface area contributed by atoms with Crippen molar-refractivity contribution < 1.29 is 39.3 Å². The zero-order valence-electron chi connectivity index (χ0n) is 22.8. The summed E-state index contributed by atoms with van der Waals surface area (Å²) in [6.45, 7) is 11.7. The fourth-order valence-electron chi connectivity index (χ4n) is 4.32. The van der Waals surface area contributed by atoms with Gasteiger partial charge in [0.05, 0.1) is 0 Å². The third kappa shape index (κ3) is 10.3. The first-order valence-electron chi connectivity index (χ1n) is 12.5. The number of hydrogen-bond acceptors (Lipinski definition) is 2. The van der Waals surface area contributed by atoms with Gasteiger partial charge in [0.1, 0.15) is 0 Å². The molecule has 2 nitrogen and oxygen atoms in total. The molecule has 2 aliphatic heterocycles. The van der Waals surface area contributed by atoms with Gasteiger partial charge in [-0.05, 0) is 22.2 Å². The number of nitrogens with zero attached hydrogens (tertiary/aromatic N) is 2. The summed E-state index contributed by atoms with van der Waals surface area (Å²) in [5.74, 6) is -2.49. The maximum absolute atomic E-state index is 13.2. The maximum atomic E-state index is 13.2. The van der Waals surface area contributed by atoms with Gasteiger partial charge in [0.2, 0.25) is 0 Å². The molecule has 0 aliphatic carbocycles. The van der Waals surface area contributed by atoms with E-state index in [1.165, 1.54) is 24.3 Å². The van der Waals surface area contributed by atoms with Crippen molar-refractivity contribution >= 4 is 11.4 Å². The molecule has 0 unspecified atom stereocenters. The Labute approximate surface area is 244 Å². The summed E-state index contributed by atoms with van der Waals surface area (Å²) in [4.78, 5) is 3.79. The monoisotopic (exact) mass is 570 g/mol. The van der Waals surface area contributed by atoms with Gasteiger partial charge in [-0.3, -0.25) is 0 Å². The molecule has 2 heterocycles. The first kappa shape index (κ1) is 32.4. The zero-order valence-corrected chi connectivity index (χ0v) is 24.4. The molecule has 0 amide bonds. The van der Waals surface area contributed by atoms with E-state index < -0.39 is 23.3 Å². The normalized spacial score (nSPS) is 15.9. The average molecular weight is 570 g/mol. The van der Waals surface area contributed by atoms with Crippen LogP contribution in [0.15, 0.2) is 84.9 Å². The third-order valence-electron chi connectivity index (χ3n) is 5.95. The van der Waals surface area contributed by atoms with E-state index in [9.17, 15) is 17.6 Å². The van der Waals surface area contributed by atoms with E-state index in [-0.39, 0.29) is 32.5 Å². The van der Waals surface area contributed by atoms with Crippen LogP contribution in [0.1, 0.15) is 27.7 Å². The smallest absolute Gasteiger partial charge is 0.420 e. The molecule has 204 valence electrons. The SMILES string of the molecule is CC1(C)CN(c2ccc(F)[c-]c2F)C1.CC1(C)CN(c2ccc(F)[c-]c2F)C1.[Ti+4].c1cc[cH-]c1.c1cc[cH-]c1. The summed E-state index contributed by atoms with van der Waals surface area (Å²) < 4.78 is 51.6. The molecular formula is C32H34F4N2Ti. The molecule has 2 aliphatic rings. The number of halogens is 4. The second kappa shape index (κ2) is 14.5. The Kier molecular flexibility index (Phi) is 12.1. The van der Waals surface area contributed by atoms with Crippen molar-refractivity contribution in [1.82, 2.24) is 0 Å². The molecule has 0 bridgehead atoms. The Morgan fingerprint density at radius 1 is 0.590 bits per heavy atom. The second-order valence-electron chi connectivity index (χ2n) is 11.0. The van der Waals surface area contributed by atoms with Crippen molar-refractivity contribution in [2.45, 2.75) is 27.7 Å². The van der Waals surface area contributed by atoms with E-state index in [0.29, 0.717) is 11.4 Å². The van der Waals surface area contributed by atoms with Gasteiger partial charge in [0.15, 0.2) is 0 Å². The van der Waals surface area contributed by atoms with Crippen LogP contribution in [0.5, 0.6) is 0 Å². The molecule has 2 fully saturated rings. The molecular weight excluding hydrogens is 536 g/mol. The molecule has 0 spiro atoms. The molecule has 6 rings (SSSR count). The van der Waals surface area contributed by atoms with Crippen LogP contribution >= 0.6 is 0 Å². The quantitative estimate of drug-likeness (QED) is 0.137. The van der Waals surface area contributed by atoms with E-state index in [4.69, 9.17) is 0 Å². The van der Waals surface area contributed by atoms with E-state index in [2.05, 4.69) is 27.7 Å². The van der Waals surface area contributed by atoms with Gasteiger partial charge in [-0.25, -0.2) is 41.8 Å². The number of benzene rings is 2. The minimum absolute atomic E-state index is 0. The van der Waals surface area contributed by atoms with Gasteiger partial charge in [-0.1, -0.05) is 27.7 Å². The van der Waals surface area contributed by atoms with E-state index >= 15 is 0 Å². The predicted octanol–water partition coefficient (Wildman–Crippen LogP) is 8.03. The largest absolute Gasteiger partial charge is 4.00 e. The van der Waals surface area contributed by atoms with Crippen molar-refractivity contribution in [3.63, 3.8) is 0 Å². The molecule has 0 atom stereocenters. The van der Waals surface area contributed by atoms with Gasteiger partial charge in [0, 0.05) is 49.4 Å². The Morgan fingerprint density at radius 3 is 1.10 bits per heavy atom. The fourth-order valence-corrected chi connectivity index (χ4v) is 4.32. The van der Waals surface area contributed by atoms with Crippen molar-refractivity contribution in [2.24, 2.45) is 10.8 Å². The van der Waals surface area contributed by atoms with Gasteiger partial charge in [-0.2, -0.15) is 36.4 Å². The fraction of sp³-hybridized carbons (Fsp3) is 0.312. The van der Waals surface area contributed by atoms with Crippen molar-refractivity contribution in [1.29, 1.82) is 0 Å². The van der Waals surface area contributed by atoms with Crippen LogP contribution in [-0.2, 0) is 21.7 Å². The zero-order chi connectivity index (χ0) is 27.8. The van der Waals surface area contributed by atoms with E-state index in [1.54, 1.807) is 0 Å². The molecule has 39 heavy (non-hydrogen) atoms. The second-order valence-corrected chi connectivity index (χ2v) is 11.0. The van der Waals surface area contributed by atoms with Gasteiger partial charge in [-0.15, -0.1) is 36.4 Å². The Morgan fingerprint density at radius 2 is 0.897 bits per heavy atom. The van der Waals surface area contributed by atoms with Crippen LogP contribution in [0.2, 0.25) is 0 Å². The number of hydrogen-bond donors (Lipinski definition) is 0. The summed E-state index contributed by atoms with van der Waals surface area (Å²) in [5.41, 5.74) is 1.37. The summed E-state index contributed by atoms with van der Waals surface area (Å²) in [7, 11) is 0. The molecule has 4 aromatic rings. The van der Waals surface area contributed by atoms with Crippen molar-refractivity contribution in [3.05, 3.63) is 120 Å². The Bertz CT molecular complexity index is 1090. The topological polar surface area (TPSA) is 6.48 Å². The minimum atomic E-state index is -0.647. The molecule has 0 N–H and O–H groups in total. The Hall–Kier alpha value is -2.83. The molecule has 0 saturated carbocycles. The molecule has 4 aromatic carbocycles. The van der Waals surface area contributed by atoms with Gasteiger partial charge in [0.25, 0.3) is 0 Å². The van der Waals surface area contributed by atoms with Crippen LogP contribution in [0.3, 0.4) is 0 Å². The number of anilines is 2. The van der Waals surface area contributed by atoms with Crippen LogP contribution < -0.4 is 9.80 Å². The predicted molar refractivity (Wildman–Crippen MR) is 146 cm³/mol. The van der Waals surface area contributed by atoms with Gasteiger partial charge < -0.3 is 9.80 Å². The van der Waals surface area contributed by atoms with Crippen LogP contribution in [0.4, 0.5) is 28.9 Å². The molecule has 0 aromatic heterocycles.